The monoisotopic (exact) mass is 272 g/mol. The van der Waals surface area contributed by atoms with Crippen LogP contribution in [0.3, 0.4) is 0 Å². The van der Waals surface area contributed by atoms with Gasteiger partial charge in [0.05, 0.1) is 0 Å². The summed E-state index contributed by atoms with van der Waals surface area (Å²) in [5.74, 6) is -1.06. The minimum absolute atomic E-state index is 0.242. The Labute approximate surface area is 106 Å². The molecule has 0 saturated carbocycles. The molecule has 0 unspecified atom stereocenters. The fourth-order valence-corrected chi connectivity index (χ4v) is 2.13. The first-order valence-electron chi connectivity index (χ1n) is 5.29. The number of carbonyl (C=O) groups is 2. The largest absolute Gasteiger partial charge is 0.480 e. The van der Waals surface area contributed by atoms with E-state index in [1.165, 1.54) is 5.51 Å². The number of urea groups is 1. The highest BCUT2D eigenvalue weighted by Crippen LogP contribution is 2.21. The molecule has 1 aliphatic rings. The summed E-state index contributed by atoms with van der Waals surface area (Å²) in [5, 5.41) is 21.7. The van der Waals surface area contributed by atoms with E-state index in [0.717, 1.165) is 11.3 Å². The number of rotatable bonds is 3. The Balaban J connectivity index is 2.00. The average molecular weight is 272 g/mol. The second-order valence-electron chi connectivity index (χ2n) is 3.82. The smallest absolute Gasteiger partial charge is 0.329 e. The second-order valence-corrected chi connectivity index (χ2v) is 4.66. The van der Waals surface area contributed by atoms with Crippen molar-refractivity contribution in [2.75, 3.05) is 18.5 Å². The van der Waals surface area contributed by atoms with Crippen molar-refractivity contribution in [3.63, 3.8) is 0 Å². The molecule has 1 aliphatic heterocycles. The lowest BCUT2D eigenvalue weighted by atomic mass is 9.90. The maximum Gasteiger partial charge on any atom is 0.329 e. The Bertz CT molecular complexity index is 430. The molecule has 98 valence electrons. The lowest BCUT2D eigenvalue weighted by Crippen LogP contribution is -2.58. The molecule has 1 fully saturated rings. The predicted molar refractivity (Wildman–Crippen MR) is 62.5 cm³/mol. The van der Waals surface area contributed by atoms with Gasteiger partial charge in [0.2, 0.25) is 5.13 Å². The Hall–Kier alpha value is -1.74. The number of nitrogens with one attached hydrogen (secondary N) is 2. The summed E-state index contributed by atoms with van der Waals surface area (Å²) in [7, 11) is 0. The number of aliphatic carboxylic acids is 1. The van der Waals surface area contributed by atoms with Crippen LogP contribution in [0.5, 0.6) is 0 Å². The number of aromatic nitrogens is 2. The Morgan fingerprint density at radius 1 is 1.44 bits per heavy atom. The second kappa shape index (κ2) is 5.27. The number of carboxylic acid groups (broad SMARTS) is 1. The van der Waals surface area contributed by atoms with E-state index in [1.807, 2.05) is 0 Å². The van der Waals surface area contributed by atoms with Gasteiger partial charge in [-0.25, -0.2) is 9.59 Å². The van der Waals surface area contributed by atoms with Gasteiger partial charge >= 0.3 is 12.0 Å². The zero-order valence-corrected chi connectivity index (χ0v) is 10.2. The van der Waals surface area contributed by atoms with Crippen LogP contribution in [0.25, 0.3) is 0 Å². The Kier molecular flexibility index (Phi) is 3.72. The molecule has 0 atom stereocenters. The molecule has 0 aliphatic carbocycles. The number of hydrogen-bond acceptors (Lipinski definition) is 6. The molecule has 18 heavy (non-hydrogen) atoms. The van der Waals surface area contributed by atoms with Gasteiger partial charge in [0.25, 0.3) is 0 Å². The molecule has 2 amide bonds. The average Bonchev–Trinajstić information content (AvgIpc) is 2.82. The first-order valence-corrected chi connectivity index (χ1v) is 6.17. The van der Waals surface area contributed by atoms with E-state index >= 15 is 0 Å². The van der Waals surface area contributed by atoms with Gasteiger partial charge in [-0.3, -0.25) is 5.32 Å². The molecule has 1 aromatic heterocycles. The third-order valence-electron chi connectivity index (χ3n) is 2.69. The number of anilines is 1. The van der Waals surface area contributed by atoms with Crippen molar-refractivity contribution < 1.29 is 19.4 Å². The van der Waals surface area contributed by atoms with Gasteiger partial charge in [0, 0.05) is 26.1 Å². The van der Waals surface area contributed by atoms with E-state index in [4.69, 9.17) is 4.74 Å². The van der Waals surface area contributed by atoms with Crippen LogP contribution in [0.4, 0.5) is 9.93 Å². The van der Waals surface area contributed by atoms with Crippen LogP contribution in [0.2, 0.25) is 0 Å². The van der Waals surface area contributed by atoms with Gasteiger partial charge < -0.3 is 15.2 Å². The van der Waals surface area contributed by atoms with Gasteiger partial charge in [0.15, 0.2) is 0 Å². The molecule has 1 aromatic rings. The lowest BCUT2D eigenvalue weighted by molar-refractivity contribution is -0.148. The summed E-state index contributed by atoms with van der Waals surface area (Å²) in [6, 6.07) is -0.601. The van der Waals surface area contributed by atoms with Crippen molar-refractivity contribution in [3.8, 4) is 0 Å². The van der Waals surface area contributed by atoms with Gasteiger partial charge in [-0.2, -0.15) is 0 Å². The highest BCUT2D eigenvalue weighted by atomic mass is 32.1. The van der Waals surface area contributed by atoms with Gasteiger partial charge in [-0.1, -0.05) is 11.3 Å². The summed E-state index contributed by atoms with van der Waals surface area (Å²) in [6.45, 7) is 0.622. The van der Waals surface area contributed by atoms with E-state index in [0.29, 0.717) is 18.3 Å². The van der Waals surface area contributed by atoms with Crippen LogP contribution in [-0.4, -0.2) is 46.1 Å². The number of carboxylic acids is 1. The minimum atomic E-state index is -1.27. The SMILES string of the molecule is O=C(Nc1nncs1)NC1(C(=O)O)CCOCC1. The predicted octanol–water partition coefficient (Wildman–Crippen LogP) is 0.293. The van der Waals surface area contributed by atoms with E-state index in [-0.39, 0.29) is 12.8 Å². The number of carbonyl (C=O) groups excluding carboxylic acids is 1. The third kappa shape index (κ3) is 2.74. The normalized spacial score (nSPS) is 18.0. The first kappa shape index (κ1) is 12.7. The molecule has 0 spiro atoms. The minimum Gasteiger partial charge on any atom is -0.480 e. The quantitative estimate of drug-likeness (QED) is 0.729. The van der Waals surface area contributed by atoms with Crippen molar-refractivity contribution in [3.05, 3.63) is 5.51 Å². The summed E-state index contributed by atoms with van der Waals surface area (Å²) in [4.78, 5) is 23.0. The topological polar surface area (TPSA) is 113 Å². The van der Waals surface area contributed by atoms with E-state index in [1.54, 1.807) is 0 Å². The Morgan fingerprint density at radius 2 is 2.17 bits per heavy atom. The standard InChI is InChI=1S/C9H12N4O4S/c14-6(15)9(1-3-17-4-2-9)12-7(16)11-8-13-10-5-18-8/h5H,1-4H2,(H,14,15)(H2,11,12,13,16). The fraction of sp³-hybridized carbons (Fsp3) is 0.556. The summed E-state index contributed by atoms with van der Waals surface area (Å²) < 4.78 is 5.11. The maximum absolute atomic E-state index is 11.7. The van der Waals surface area contributed by atoms with Crippen LogP contribution in [0, 0.1) is 0 Å². The number of hydrogen-bond donors (Lipinski definition) is 3. The molecule has 0 aromatic carbocycles. The zero-order valence-electron chi connectivity index (χ0n) is 9.38. The molecular weight excluding hydrogens is 260 g/mol. The van der Waals surface area contributed by atoms with E-state index in [2.05, 4.69) is 20.8 Å². The summed E-state index contributed by atoms with van der Waals surface area (Å²) in [6.07, 6.45) is 0.484. The van der Waals surface area contributed by atoms with Crippen LogP contribution >= 0.6 is 11.3 Å². The molecule has 8 nitrogen and oxygen atoms in total. The molecule has 2 heterocycles. The van der Waals surface area contributed by atoms with Gasteiger partial charge in [-0.15, -0.1) is 10.2 Å². The highest BCUT2D eigenvalue weighted by molar-refractivity contribution is 7.13. The van der Waals surface area contributed by atoms with Crippen molar-refractivity contribution in [2.45, 2.75) is 18.4 Å². The van der Waals surface area contributed by atoms with Gasteiger partial charge in [0.1, 0.15) is 11.0 Å². The summed E-state index contributed by atoms with van der Waals surface area (Å²) in [5.41, 5.74) is 0.198. The van der Waals surface area contributed by atoms with Gasteiger partial charge in [-0.05, 0) is 0 Å². The van der Waals surface area contributed by atoms with E-state index < -0.39 is 17.5 Å². The molecule has 1 saturated heterocycles. The molecule has 3 N–H and O–H groups in total. The molecule has 0 bridgehead atoms. The zero-order chi connectivity index (χ0) is 13.0. The molecule has 2 rings (SSSR count). The lowest BCUT2D eigenvalue weighted by Gasteiger charge is -2.33. The van der Waals surface area contributed by atoms with Crippen LogP contribution in [-0.2, 0) is 9.53 Å². The molecular formula is C9H12N4O4S. The first-order chi connectivity index (χ1) is 8.62. The van der Waals surface area contributed by atoms with Crippen molar-refractivity contribution in [1.29, 1.82) is 0 Å². The third-order valence-corrected chi connectivity index (χ3v) is 3.30. The van der Waals surface area contributed by atoms with Crippen LogP contribution < -0.4 is 10.6 Å². The fourth-order valence-electron chi connectivity index (χ4n) is 1.69. The van der Waals surface area contributed by atoms with Crippen LogP contribution in [0.1, 0.15) is 12.8 Å². The van der Waals surface area contributed by atoms with E-state index in [9.17, 15) is 14.7 Å². The van der Waals surface area contributed by atoms with Crippen molar-refractivity contribution in [2.24, 2.45) is 0 Å². The van der Waals surface area contributed by atoms with Crippen molar-refractivity contribution >= 4 is 28.5 Å². The van der Waals surface area contributed by atoms with Crippen molar-refractivity contribution in [1.82, 2.24) is 15.5 Å². The number of nitrogens with zero attached hydrogens (tertiary/aromatic N) is 2. The number of ether oxygens (including phenoxy) is 1. The molecule has 9 heteroatoms. The highest BCUT2D eigenvalue weighted by Gasteiger charge is 2.41. The summed E-state index contributed by atoms with van der Waals surface area (Å²) >= 11 is 1.15. The molecule has 0 radical (unpaired) electrons. The number of amides is 2. The Morgan fingerprint density at radius 3 is 2.72 bits per heavy atom. The maximum atomic E-state index is 11.7. The van der Waals surface area contributed by atoms with Crippen LogP contribution in [0.15, 0.2) is 5.51 Å².